The number of aromatic nitrogens is 1. The molecule has 1 unspecified atom stereocenters. The molecule has 1 heterocycles. The number of pyridine rings is 1. The van der Waals surface area contributed by atoms with E-state index in [0.29, 0.717) is 24.3 Å². The van der Waals surface area contributed by atoms with E-state index >= 15 is 0 Å². The Balaban J connectivity index is 2.81. The molecule has 0 saturated carbocycles. The molecule has 0 bridgehead atoms. The maximum Gasteiger partial charge on any atom is 0.341 e. The van der Waals surface area contributed by atoms with Gasteiger partial charge in [0.15, 0.2) is 0 Å². The van der Waals surface area contributed by atoms with Crippen molar-refractivity contribution in [3.63, 3.8) is 0 Å². The molecule has 0 spiro atoms. The Morgan fingerprint density at radius 3 is 2.94 bits per heavy atom. The number of methoxy groups -OCH3 is 1. The first kappa shape index (κ1) is 13.4. The van der Waals surface area contributed by atoms with Crippen molar-refractivity contribution in [3.05, 3.63) is 23.9 Å². The van der Waals surface area contributed by atoms with E-state index in [1.54, 1.807) is 25.3 Å². The Morgan fingerprint density at radius 2 is 2.35 bits per heavy atom. The van der Waals surface area contributed by atoms with E-state index in [9.17, 15) is 9.90 Å². The first-order chi connectivity index (χ1) is 8.00. The van der Waals surface area contributed by atoms with Crippen LogP contribution in [0.5, 0.6) is 0 Å². The maximum atomic E-state index is 11.5. The second-order valence-electron chi connectivity index (χ2n) is 4.10. The molecule has 0 fully saturated rings. The monoisotopic (exact) mass is 238 g/mol. The molecule has 17 heavy (non-hydrogen) atoms. The summed E-state index contributed by atoms with van der Waals surface area (Å²) in [5.41, 5.74) is -0.466. The molecular formula is C12H18N2O3. The predicted octanol–water partition coefficient (Wildman–Crippen LogP) is 1.44. The fourth-order valence-corrected chi connectivity index (χ4v) is 1.22. The SMILES string of the molecule is CCC(C)(O)CNc1ncccc1C(=O)OC. The summed E-state index contributed by atoms with van der Waals surface area (Å²) in [4.78, 5) is 15.5. The van der Waals surface area contributed by atoms with E-state index in [-0.39, 0.29) is 0 Å². The van der Waals surface area contributed by atoms with E-state index < -0.39 is 11.6 Å². The normalized spacial score (nSPS) is 13.9. The molecule has 0 aliphatic heterocycles. The summed E-state index contributed by atoms with van der Waals surface area (Å²) in [7, 11) is 1.32. The summed E-state index contributed by atoms with van der Waals surface area (Å²) in [6, 6.07) is 3.29. The molecule has 0 radical (unpaired) electrons. The van der Waals surface area contributed by atoms with Gasteiger partial charge in [0.05, 0.1) is 12.7 Å². The molecule has 0 aromatic carbocycles. The van der Waals surface area contributed by atoms with Crippen LogP contribution < -0.4 is 5.32 Å². The third kappa shape index (κ3) is 3.71. The second kappa shape index (κ2) is 5.63. The van der Waals surface area contributed by atoms with Gasteiger partial charge >= 0.3 is 5.97 Å². The summed E-state index contributed by atoms with van der Waals surface area (Å²) in [5, 5.41) is 12.8. The molecule has 0 aliphatic rings. The van der Waals surface area contributed by atoms with Crippen molar-refractivity contribution >= 4 is 11.8 Å². The minimum absolute atomic E-state index is 0.324. The summed E-state index contributed by atoms with van der Waals surface area (Å²) in [5.74, 6) is -0.0233. The fourth-order valence-electron chi connectivity index (χ4n) is 1.22. The minimum Gasteiger partial charge on any atom is -0.465 e. The molecule has 1 atom stereocenters. The molecule has 5 heteroatoms. The van der Waals surface area contributed by atoms with Crippen LogP contribution in [-0.4, -0.2) is 35.3 Å². The van der Waals surface area contributed by atoms with Crippen LogP contribution in [0, 0.1) is 0 Å². The van der Waals surface area contributed by atoms with Crippen molar-refractivity contribution in [1.29, 1.82) is 0 Å². The van der Waals surface area contributed by atoms with Gasteiger partial charge in [-0.15, -0.1) is 0 Å². The lowest BCUT2D eigenvalue weighted by molar-refractivity contribution is 0.0597. The quantitative estimate of drug-likeness (QED) is 0.759. The topological polar surface area (TPSA) is 71.5 Å². The van der Waals surface area contributed by atoms with Crippen LogP contribution >= 0.6 is 0 Å². The lowest BCUT2D eigenvalue weighted by Gasteiger charge is -2.22. The highest BCUT2D eigenvalue weighted by Crippen LogP contribution is 2.15. The van der Waals surface area contributed by atoms with Crippen LogP contribution in [0.1, 0.15) is 30.6 Å². The van der Waals surface area contributed by atoms with Crippen LogP contribution in [0.15, 0.2) is 18.3 Å². The molecule has 5 nitrogen and oxygen atoms in total. The van der Waals surface area contributed by atoms with Crippen LogP contribution in [0.4, 0.5) is 5.82 Å². The first-order valence-electron chi connectivity index (χ1n) is 5.50. The Morgan fingerprint density at radius 1 is 1.65 bits per heavy atom. The van der Waals surface area contributed by atoms with Crippen LogP contribution in [0.3, 0.4) is 0 Å². The number of carbonyl (C=O) groups excluding carboxylic acids is 1. The minimum atomic E-state index is -0.828. The summed E-state index contributed by atoms with van der Waals surface area (Å²) in [6.07, 6.45) is 2.19. The molecule has 1 aromatic heterocycles. The van der Waals surface area contributed by atoms with E-state index in [2.05, 4.69) is 15.0 Å². The summed E-state index contributed by atoms with van der Waals surface area (Å²) >= 11 is 0. The molecular weight excluding hydrogens is 220 g/mol. The van der Waals surface area contributed by atoms with Gasteiger partial charge in [-0.2, -0.15) is 0 Å². The number of rotatable bonds is 5. The number of nitrogens with one attached hydrogen (secondary N) is 1. The summed E-state index contributed by atoms with van der Waals surface area (Å²) in [6.45, 7) is 3.94. The van der Waals surface area contributed by atoms with E-state index in [4.69, 9.17) is 0 Å². The zero-order chi connectivity index (χ0) is 12.9. The highest BCUT2D eigenvalue weighted by molar-refractivity contribution is 5.94. The number of aliphatic hydroxyl groups is 1. The van der Waals surface area contributed by atoms with Crippen molar-refractivity contribution in [2.45, 2.75) is 25.9 Å². The standard InChI is InChI=1S/C12H18N2O3/c1-4-12(2,16)8-14-10-9(11(15)17-3)6-5-7-13-10/h5-7,16H,4,8H2,1-3H3,(H,13,14). The molecule has 1 aromatic rings. The zero-order valence-corrected chi connectivity index (χ0v) is 10.4. The van der Waals surface area contributed by atoms with Gasteiger partial charge in [0.25, 0.3) is 0 Å². The van der Waals surface area contributed by atoms with Gasteiger partial charge in [-0.25, -0.2) is 9.78 Å². The van der Waals surface area contributed by atoms with E-state index in [1.807, 2.05) is 6.92 Å². The average Bonchev–Trinajstić information content (AvgIpc) is 2.36. The number of ether oxygens (including phenoxy) is 1. The highest BCUT2D eigenvalue weighted by atomic mass is 16.5. The molecule has 0 amide bonds. The van der Waals surface area contributed by atoms with Gasteiger partial charge in [0.2, 0.25) is 0 Å². The Kier molecular flexibility index (Phi) is 4.45. The first-order valence-corrected chi connectivity index (χ1v) is 5.50. The zero-order valence-electron chi connectivity index (χ0n) is 10.4. The number of anilines is 1. The van der Waals surface area contributed by atoms with Crippen LogP contribution in [0.25, 0.3) is 0 Å². The number of esters is 1. The van der Waals surface area contributed by atoms with Crippen molar-refractivity contribution in [1.82, 2.24) is 4.98 Å². The Bertz CT molecular complexity index is 391. The highest BCUT2D eigenvalue weighted by Gasteiger charge is 2.19. The maximum absolute atomic E-state index is 11.5. The Hall–Kier alpha value is -1.62. The number of carbonyl (C=O) groups is 1. The molecule has 1 rings (SSSR count). The van der Waals surface area contributed by atoms with Gasteiger partial charge < -0.3 is 15.2 Å². The number of hydrogen-bond acceptors (Lipinski definition) is 5. The predicted molar refractivity (Wildman–Crippen MR) is 65.0 cm³/mol. The van der Waals surface area contributed by atoms with Crippen molar-refractivity contribution < 1.29 is 14.6 Å². The Labute approximate surface area is 101 Å². The summed E-state index contributed by atoms with van der Waals surface area (Å²) < 4.78 is 4.65. The average molecular weight is 238 g/mol. The lowest BCUT2D eigenvalue weighted by Crippen LogP contribution is -2.33. The van der Waals surface area contributed by atoms with Crippen LogP contribution in [-0.2, 0) is 4.74 Å². The number of hydrogen-bond donors (Lipinski definition) is 2. The second-order valence-corrected chi connectivity index (χ2v) is 4.10. The van der Waals surface area contributed by atoms with E-state index in [1.165, 1.54) is 7.11 Å². The third-order valence-electron chi connectivity index (χ3n) is 2.61. The molecule has 0 aliphatic carbocycles. The fraction of sp³-hybridized carbons (Fsp3) is 0.500. The smallest absolute Gasteiger partial charge is 0.341 e. The van der Waals surface area contributed by atoms with Crippen molar-refractivity contribution in [2.24, 2.45) is 0 Å². The van der Waals surface area contributed by atoms with Gasteiger partial charge in [0.1, 0.15) is 11.4 Å². The molecule has 94 valence electrons. The number of nitrogens with zero attached hydrogens (tertiary/aromatic N) is 1. The molecule has 0 saturated heterocycles. The van der Waals surface area contributed by atoms with Gasteiger partial charge in [-0.05, 0) is 25.5 Å². The molecule has 2 N–H and O–H groups in total. The van der Waals surface area contributed by atoms with Crippen molar-refractivity contribution in [2.75, 3.05) is 19.0 Å². The van der Waals surface area contributed by atoms with Gasteiger partial charge in [-0.3, -0.25) is 0 Å². The largest absolute Gasteiger partial charge is 0.465 e. The van der Waals surface area contributed by atoms with Gasteiger partial charge in [-0.1, -0.05) is 6.92 Å². The van der Waals surface area contributed by atoms with Gasteiger partial charge in [0, 0.05) is 12.7 Å². The van der Waals surface area contributed by atoms with Crippen molar-refractivity contribution in [3.8, 4) is 0 Å². The third-order valence-corrected chi connectivity index (χ3v) is 2.61. The van der Waals surface area contributed by atoms with Crippen LogP contribution in [0.2, 0.25) is 0 Å². The lowest BCUT2D eigenvalue weighted by atomic mass is 10.0. The van der Waals surface area contributed by atoms with E-state index in [0.717, 1.165) is 0 Å².